The van der Waals surface area contributed by atoms with Crippen molar-refractivity contribution in [3.63, 3.8) is 0 Å². The van der Waals surface area contributed by atoms with E-state index in [1.807, 2.05) is 24.3 Å². The Morgan fingerprint density at radius 3 is 1.83 bits per heavy atom. The Kier molecular flexibility index (Phi) is 15.8. The highest BCUT2D eigenvalue weighted by molar-refractivity contribution is 5.91. The number of furan rings is 1. The van der Waals surface area contributed by atoms with E-state index in [4.69, 9.17) is 9.15 Å². The second-order valence-electron chi connectivity index (χ2n) is 10.4. The van der Waals surface area contributed by atoms with Crippen LogP contribution >= 0.6 is 0 Å². The first kappa shape index (κ1) is 30.0. The average Bonchev–Trinajstić information content (AvgIpc) is 3.36. The third-order valence-electron chi connectivity index (χ3n) is 7.06. The highest BCUT2D eigenvalue weighted by atomic mass is 16.5. The monoisotopic (exact) mass is 497 g/mol. The minimum absolute atomic E-state index is 0.145. The lowest BCUT2D eigenvalue weighted by molar-refractivity contribution is 0.0921. The fraction of sp³-hybridized carbons (Fsp3) is 0.656. The summed E-state index contributed by atoms with van der Waals surface area (Å²) in [6.45, 7) is 7.44. The van der Waals surface area contributed by atoms with Gasteiger partial charge in [-0.3, -0.25) is 4.79 Å². The van der Waals surface area contributed by atoms with Crippen molar-refractivity contribution >= 4 is 5.91 Å². The minimum atomic E-state index is -0.145. The largest absolute Gasteiger partial charge is 0.486 e. The first-order valence-corrected chi connectivity index (χ1v) is 14.7. The number of benzene rings is 1. The van der Waals surface area contributed by atoms with Gasteiger partial charge in [-0.2, -0.15) is 0 Å². The molecule has 1 aromatic carbocycles. The SMILES string of the molecule is CCCCCCCCCCCCCCCCCCNC(=O)c1ccc(COc2ccc(C)c(C)c2)o1. The van der Waals surface area contributed by atoms with Gasteiger partial charge in [-0.05, 0) is 55.7 Å². The van der Waals surface area contributed by atoms with Gasteiger partial charge in [0, 0.05) is 6.54 Å². The van der Waals surface area contributed by atoms with Crippen LogP contribution in [0.25, 0.3) is 0 Å². The zero-order chi connectivity index (χ0) is 25.8. The predicted molar refractivity (Wildman–Crippen MR) is 151 cm³/mol. The summed E-state index contributed by atoms with van der Waals surface area (Å²) in [6, 6.07) is 9.55. The highest BCUT2D eigenvalue weighted by Crippen LogP contribution is 2.19. The summed E-state index contributed by atoms with van der Waals surface area (Å²) in [5.74, 6) is 1.67. The number of nitrogens with one attached hydrogen (secondary N) is 1. The summed E-state index contributed by atoms with van der Waals surface area (Å²) < 4.78 is 11.5. The summed E-state index contributed by atoms with van der Waals surface area (Å²) in [7, 11) is 0. The fourth-order valence-electron chi connectivity index (χ4n) is 4.50. The van der Waals surface area contributed by atoms with Crippen LogP contribution in [0.1, 0.15) is 137 Å². The Morgan fingerprint density at radius 2 is 1.28 bits per heavy atom. The van der Waals surface area contributed by atoms with Crippen LogP contribution in [-0.4, -0.2) is 12.5 Å². The first-order valence-electron chi connectivity index (χ1n) is 14.7. The Morgan fingerprint density at radius 1 is 0.722 bits per heavy atom. The number of unbranched alkanes of at least 4 members (excludes halogenated alkanes) is 15. The zero-order valence-corrected chi connectivity index (χ0v) is 23.3. The lowest BCUT2D eigenvalue weighted by atomic mass is 10.0. The predicted octanol–water partition coefficient (Wildman–Crippen LogP) is 9.47. The number of hydrogen-bond acceptors (Lipinski definition) is 3. The Bertz CT molecular complexity index is 842. The third-order valence-corrected chi connectivity index (χ3v) is 7.06. The van der Waals surface area contributed by atoms with Crippen LogP contribution in [0.4, 0.5) is 0 Å². The number of amides is 1. The van der Waals surface area contributed by atoms with E-state index >= 15 is 0 Å². The van der Waals surface area contributed by atoms with Crippen molar-refractivity contribution in [1.82, 2.24) is 5.32 Å². The Balaban J connectivity index is 1.41. The van der Waals surface area contributed by atoms with E-state index in [-0.39, 0.29) is 5.91 Å². The number of carbonyl (C=O) groups is 1. The second kappa shape index (κ2) is 19.0. The number of hydrogen-bond donors (Lipinski definition) is 1. The van der Waals surface area contributed by atoms with E-state index in [1.165, 1.54) is 107 Å². The van der Waals surface area contributed by atoms with Crippen LogP contribution in [0.3, 0.4) is 0 Å². The summed E-state index contributed by atoms with van der Waals surface area (Å²) in [5, 5.41) is 2.98. The van der Waals surface area contributed by atoms with Gasteiger partial charge in [0.15, 0.2) is 5.76 Å². The van der Waals surface area contributed by atoms with Crippen LogP contribution in [0.2, 0.25) is 0 Å². The van der Waals surface area contributed by atoms with Crippen molar-refractivity contribution in [3.05, 3.63) is 53.0 Å². The number of aryl methyl sites for hydroxylation is 2. The van der Waals surface area contributed by atoms with Gasteiger partial charge >= 0.3 is 0 Å². The van der Waals surface area contributed by atoms with Crippen LogP contribution < -0.4 is 10.1 Å². The smallest absolute Gasteiger partial charge is 0.286 e. The van der Waals surface area contributed by atoms with Gasteiger partial charge < -0.3 is 14.5 Å². The average molecular weight is 498 g/mol. The minimum Gasteiger partial charge on any atom is -0.486 e. The molecule has 1 amide bonds. The molecule has 0 aliphatic carbocycles. The first-order chi connectivity index (χ1) is 17.6. The maximum Gasteiger partial charge on any atom is 0.286 e. The lowest BCUT2D eigenvalue weighted by Crippen LogP contribution is -2.23. The number of ether oxygens (including phenoxy) is 1. The molecule has 1 heterocycles. The molecule has 0 saturated heterocycles. The molecule has 2 aromatic rings. The molecule has 0 spiro atoms. The number of carbonyl (C=O) groups excluding carboxylic acids is 1. The molecule has 0 aliphatic rings. The van der Waals surface area contributed by atoms with E-state index < -0.39 is 0 Å². The van der Waals surface area contributed by atoms with Crippen molar-refractivity contribution in [3.8, 4) is 5.75 Å². The number of rotatable bonds is 21. The molecular formula is C32H51NO3. The normalized spacial score (nSPS) is 11.1. The molecule has 2 rings (SSSR count). The second-order valence-corrected chi connectivity index (χ2v) is 10.4. The van der Waals surface area contributed by atoms with Crippen LogP contribution in [0.15, 0.2) is 34.7 Å². The van der Waals surface area contributed by atoms with Gasteiger partial charge in [-0.15, -0.1) is 0 Å². The van der Waals surface area contributed by atoms with Crippen LogP contribution in [-0.2, 0) is 6.61 Å². The highest BCUT2D eigenvalue weighted by Gasteiger charge is 2.11. The van der Waals surface area contributed by atoms with Crippen molar-refractivity contribution in [1.29, 1.82) is 0 Å². The van der Waals surface area contributed by atoms with E-state index in [9.17, 15) is 4.79 Å². The van der Waals surface area contributed by atoms with Gasteiger partial charge in [0.05, 0.1) is 0 Å². The summed E-state index contributed by atoms with van der Waals surface area (Å²) in [5.41, 5.74) is 2.43. The van der Waals surface area contributed by atoms with Crippen LogP contribution in [0, 0.1) is 13.8 Å². The van der Waals surface area contributed by atoms with Crippen LogP contribution in [0.5, 0.6) is 5.75 Å². The Hall–Kier alpha value is -2.23. The quantitative estimate of drug-likeness (QED) is 0.175. The van der Waals surface area contributed by atoms with E-state index in [1.54, 1.807) is 6.07 Å². The van der Waals surface area contributed by atoms with Crippen molar-refractivity contribution < 1.29 is 13.9 Å². The molecule has 1 N–H and O–H groups in total. The lowest BCUT2D eigenvalue weighted by Gasteiger charge is -2.07. The van der Waals surface area contributed by atoms with Gasteiger partial charge in [0.1, 0.15) is 18.1 Å². The molecule has 0 saturated carbocycles. The van der Waals surface area contributed by atoms with Crippen molar-refractivity contribution in [2.45, 2.75) is 130 Å². The third kappa shape index (κ3) is 13.2. The van der Waals surface area contributed by atoms with Crippen molar-refractivity contribution in [2.24, 2.45) is 0 Å². The van der Waals surface area contributed by atoms with Gasteiger partial charge in [-0.25, -0.2) is 0 Å². The van der Waals surface area contributed by atoms with Gasteiger partial charge in [-0.1, -0.05) is 109 Å². The Labute approximate surface area is 220 Å². The molecule has 0 fully saturated rings. The topological polar surface area (TPSA) is 51.5 Å². The maximum atomic E-state index is 12.3. The molecule has 0 bridgehead atoms. The standard InChI is InChI=1S/C32H51NO3/c1-4-5-6-7-8-9-10-11-12-13-14-15-16-17-18-19-24-33-32(34)31-23-22-30(36-31)26-35-29-21-20-27(2)28(3)25-29/h20-23,25H,4-19,24,26H2,1-3H3,(H,33,34). The van der Waals surface area contributed by atoms with E-state index in [0.717, 1.165) is 12.2 Å². The molecule has 1 aromatic heterocycles. The molecule has 4 heteroatoms. The van der Waals surface area contributed by atoms with E-state index in [0.29, 0.717) is 24.7 Å². The molecular weight excluding hydrogens is 446 g/mol. The molecule has 0 radical (unpaired) electrons. The molecule has 4 nitrogen and oxygen atoms in total. The van der Waals surface area contributed by atoms with E-state index in [2.05, 4.69) is 26.1 Å². The molecule has 202 valence electrons. The van der Waals surface area contributed by atoms with Gasteiger partial charge in [0.2, 0.25) is 0 Å². The molecule has 0 unspecified atom stereocenters. The van der Waals surface area contributed by atoms with Gasteiger partial charge in [0.25, 0.3) is 5.91 Å². The zero-order valence-electron chi connectivity index (χ0n) is 23.3. The summed E-state index contributed by atoms with van der Waals surface area (Å²) in [6.07, 6.45) is 21.6. The maximum absolute atomic E-state index is 12.3. The molecule has 36 heavy (non-hydrogen) atoms. The summed E-state index contributed by atoms with van der Waals surface area (Å²) in [4.78, 5) is 12.3. The fourth-order valence-corrected chi connectivity index (χ4v) is 4.50. The summed E-state index contributed by atoms with van der Waals surface area (Å²) >= 11 is 0. The molecule has 0 aliphatic heterocycles. The molecule has 0 atom stereocenters. The van der Waals surface area contributed by atoms with Crippen molar-refractivity contribution in [2.75, 3.05) is 6.54 Å².